The van der Waals surface area contributed by atoms with E-state index in [2.05, 4.69) is 5.32 Å². The maximum absolute atomic E-state index is 12.0. The number of hydrogen-bond acceptors (Lipinski definition) is 3. The Hall–Kier alpha value is -1.06. The summed E-state index contributed by atoms with van der Waals surface area (Å²) >= 11 is 5.79. The zero-order chi connectivity index (χ0) is 11.5. The van der Waals surface area contributed by atoms with Crippen molar-refractivity contribution in [2.75, 3.05) is 18.8 Å². The average Bonchev–Trinajstić information content (AvgIpc) is 2.70. The number of benzene rings is 1. The van der Waals surface area contributed by atoms with E-state index in [4.69, 9.17) is 17.3 Å². The molecule has 0 amide bonds. The van der Waals surface area contributed by atoms with Crippen molar-refractivity contribution in [3.63, 3.8) is 0 Å². The molecule has 1 saturated heterocycles. The van der Waals surface area contributed by atoms with Gasteiger partial charge in [-0.25, -0.2) is 0 Å². The summed E-state index contributed by atoms with van der Waals surface area (Å²) in [4.78, 5) is 12.0. The van der Waals surface area contributed by atoms with Gasteiger partial charge < -0.3 is 11.1 Å². The molecule has 1 unspecified atom stereocenters. The van der Waals surface area contributed by atoms with Crippen LogP contribution in [0.2, 0.25) is 5.02 Å². The molecule has 3 nitrogen and oxygen atoms in total. The van der Waals surface area contributed by atoms with E-state index in [1.807, 2.05) is 0 Å². The number of anilines is 1. The number of nitrogens with two attached hydrogens (primary N) is 1. The van der Waals surface area contributed by atoms with Gasteiger partial charge in [0.15, 0.2) is 5.78 Å². The van der Waals surface area contributed by atoms with E-state index < -0.39 is 0 Å². The van der Waals surface area contributed by atoms with Crippen molar-refractivity contribution in [3.05, 3.63) is 28.8 Å². The van der Waals surface area contributed by atoms with Crippen LogP contribution < -0.4 is 11.1 Å². The number of hydrogen-bond donors (Lipinski definition) is 2. The fourth-order valence-corrected chi connectivity index (χ4v) is 2.23. The molecule has 0 saturated carbocycles. The molecule has 1 aliphatic heterocycles. The number of nitrogen functional groups attached to an aromatic ring is 1. The minimum atomic E-state index is 0.114. The Bertz CT molecular complexity index is 400. The molecule has 0 radical (unpaired) electrons. The first-order valence-electron chi connectivity index (χ1n) is 5.46. The quantitative estimate of drug-likeness (QED) is 0.627. The van der Waals surface area contributed by atoms with Crippen LogP contribution in [-0.2, 0) is 0 Å². The Balaban J connectivity index is 2.08. The summed E-state index contributed by atoms with van der Waals surface area (Å²) in [7, 11) is 0. The van der Waals surface area contributed by atoms with Gasteiger partial charge >= 0.3 is 0 Å². The van der Waals surface area contributed by atoms with Crippen molar-refractivity contribution in [2.24, 2.45) is 5.92 Å². The van der Waals surface area contributed by atoms with Gasteiger partial charge in [0.2, 0.25) is 0 Å². The van der Waals surface area contributed by atoms with Crippen molar-refractivity contribution in [1.82, 2.24) is 5.32 Å². The Morgan fingerprint density at radius 2 is 2.38 bits per heavy atom. The van der Waals surface area contributed by atoms with Crippen molar-refractivity contribution in [3.8, 4) is 0 Å². The molecule has 2 rings (SSSR count). The third kappa shape index (κ3) is 2.54. The van der Waals surface area contributed by atoms with Gasteiger partial charge in [0, 0.05) is 22.7 Å². The number of nitrogens with one attached hydrogen (secondary N) is 1. The molecule has 0 bridgehead atoms. The second-order valence-corrected chi connectivity index (χ2v) is 4.65. The molecule has 0 aromatic heterocycles. The van der Waals surface area contributed by atoms with Gasteiger partial charge in [-0.3, -0.25) is 4.79 Å². The maximum atomic E-state index is 12.0. The Morgan fingerprint density at radius 1 is 1.56 bits per heavy atom. The molecule has 1 aliphatic rings. The van der Waals surface area contributed by atoms with Gasteiger partial charge in [0.1, 0.15) is 0 Å². The highest BCUT2D eigenvalue weighted by molar-refractivity contribution is 6.31. The lowest BCUT2D eigenvalue weighted by atomic mass is 9.97. The predicted octanol–water partition coefficient (Wildman–Crippen LogP) is 2.10. The lowest BCUT2D eigenvalue weighted by Crippen LogP contribution is -2.13. The van der Waals surface area contributed by atoms with Crippen molar-refractivity contribution >= 4 is 23.1 Å². The lowest BCUT2D eigenvalue weighted by molar-refractivity contribution is 0.0965. The van der Waals surface area contributed by atoms with Gasteiger partial charge in [0.25, 0.3) is 0 Å². The fourth-order valence-electron chi connectivity index (χ4n) is 2.05. The SMILES string of the molecule is Nc1cc(Cl)ccc1C(=O)CC1CCNC1. The largest absolute Gasteiger partial charge is 0.398 e. The Kier molecular flexibility index (Phi) is 3.46. The highest BCUT2D eigenvalue weighted by atomic mass is 35.5. The number of carbonyl (C=O) groups excluding carboxylic acids is 1. The average molecular weight is 239 g/mol. The molecule has 0 aliphatic carbocycles. The van der Waals surface area contributed by atoms with E-state index in [1.54, 1.807) is 18.2 Å². The summed E-state index contributed by atoms with van der Waals surface area (Å²) in [5.41, 5.74) is 6.84. The minimum absolute atomic E-state index is 0.114. The number of ketones is 1. The zero-order valence-corrected chi connectivity index (χ0v) is 9.76. The molecule has 1 aromatic rings. The van der Waals surface area contributed by atoms with Crippen molar-refractivity contribution in [2.45, 2.75) is 12.8 Å². The molecule has 1 atom stereocenters. The van der Waals surface area contributed by atoms with Gasteiger partial charge in [-0.05, 0) is 43.6 Å². The first kappa shape index (κ1) is 11.4. The van der Waals surface area contributed by atoms with Crippen LogP contribution in [0.5, 0.6) is 0 Å². The van der Waals surface area contributed by atoms with Crippen molar-refractivity contribution < 1.29 is 4.79 Å². The standard InChI is InChI=1S/C12H15ClN2O/c13-9-1-2-10(11(14)6-9)12(16)5-8-3-4-15-7-8/h1-2,6,8,15H,3-5,7,14H2. The van der Waals surface area contributed by atoms with E-state index in [-0.39, 0.29) is 5.78 Å². The topological polar surface area (TPSA) is 55.1 Å². The Labute approximate surface area is 100.0 Å². The fraction of sp³-hybridized carbons (Fsp3) is 0.417. The van der Waals surface area contributed by atoms with E-state index in [1.165, 1.54) is 0 Å². The summed E-state index contributed by atoms with van der Waals surface area (Å²) < 4.78 is 0. The van der Waals surface area contributed by atoms with Crippen LogP contribution in [0.3, 0.4) is 0 Å². The third-order valence-electron chi connectivity index (χ3n) is 2.95. The molecular formula is C12H15ClN2O. The summed E-state index contributed by atoms with van der Waals surface area (Å²) in [5.74, 6) is 0.561. The smallest absolute Gasteiger partial charge is 0.165 e. The normalized spacial score (nSPS) is 19.9. The highest BCUT2D eigenvalue weighted by Crippen LogP contribution is 2.22. The van der Waals surface area contributed by atoms with Crippen LogP contribution >= 0.6 is 11.6 Å². The van der Waals surface area contributed by atoms with E-state index >= 15 is 0 Å². The summed E-state index contributed by atoms with van der Waals surface area (Å²) in [6, 6.07) is 5.04. The molecule has 3 N–H and O–H groups in total. The van der Waals surface area contributed by atoms with E-state index in [9.17, 15) is 4.79 Å². The number of halogens is 1. The van der Waals surface area contributed by atoms with Crippen molar-refractivity contribution in [1.29, 1.82) is 0 Å². The van der Waals surface area contributed by atoms with E-state index in [0.29, 0.717) is 28.6 Å². The van der Waals surface area contributed by atoms with Crippen LogP contribution in [-0.4, -0.2) is 18.9 Å². The van der Waals surface area contributed by atoms with Gasteiger partial charge in [-0.15, -0.1) is 0 Å². The molecule has 0 spiro atoms. The number of Topliss-reactive ketones (excluding diaryl/α,β-unsaturated/α-hetero) is 1. The molecular weight excluding hydrogens is 224 g/mol. The molecule has 1 fully saturated rings. The van der Waals surface area contributed by atoms with Crippen LogP contribution in [0.1, 0.15) is 23.2 Å². The molecule has 1 aromatic carbocycles. The number of carbonyl (C=O) groups is 1. The summed E-state index contributed by atoms with van der Waals surface area (Å²) in [6.45, 7) is 1.94. The third-order valence-corrected chi connectivity index (χ3v) is 3.19. The minimum Gasteiger partial charge on any atom is -0.398 e. The highest BCUT2D eigenvalue weighted by Gasteiger charge is 2.20. The first-order chi connectivity index (χ1) is 7.66. The van der Waals surface area contributed by atoms with Crippen LogP contribution in [0, 0.1) is 5.92 Å². The summed E-state index contributed by atoms with van der Waals surface area (Å²) in [6.07, 6.45) is 1.64. The molecule has 4 heteroatoms. The monoisotopic (exact) mass is 238 g/mol. The second kappa shape index (κ2) is 4.85. The first-order valence-corrected chi connectivity index (χ1v) is 5.83. The molecule has 16 heavy (non-hydrogen) atoms. The van der Waals surface area contributed by atoms with Gasteiger partial charge in [0.05, 0.1) is 0 Å². The molecule has 86 valence electrons. The van der Waals surface area contributed by atoms with E-state index in [0.717, 1.165) is 19.5 Å². The number of rotatable bonds is 3. The van der Waals surface area contributed by atoms with Crippen LogP contribution in [0.4, 0.5) is 5.69 Å². The summed E-state index contributed by atoms with van der Waals surface area (Å²) in [5, 5.41) is 3.81. The van der Waals surface area contributed by atoms with Crippen LogP contribution in [0.25, 0.3) is 0 Å². The van der Waals surface area contributed by atoms with Gasteiger partial charge in [-0.1, -0.05) is 11.6 Å². The zero-order valence-electron chi connectivity index (χ0n) is 9.00. The lowest BCUT2D eigenvalue weighted by Gasteiger charge is -2.09. The Morgan fingerprint density at radius 3 is 3.00 bits per heavy atom. The maximum Gasteiger partial charge on any atom is 0.165 e. The van der Waals surface area contributed by atoms with Gasteiger partial charge in [-0.2, -0.15) is 0 Å². The second-order valence-electron chi connectivity index (χ2n) is 4.22. The molecule has 1 heterocycles. The predicted molar refractivity (Wildman–Crippen MR) is 65.8 cm³/mol. The van der Waals surface area contributed by atoms with Crippen LogP contribution in [0.15, 0.2) is 18.2 Å².